The smallest absolute Gasteiger partial charge is 0.305 e. The van der Waals surface area contributed by atoms with Crippen molar-refractivity contribution in [2.75, 3.05) is 13.7 Å². The van der Waals surface area contributed by atoms with Crippen LogP contribution in [0.3, 0.4) is 0 Å². The highest BCUT2D eigenvalue weighted by Gasteiger charge is 2.05. The second-order valence-electron chi connectivity index (χ2n) is 2.09. The van der Waals surface area contributed by atoms with Gasteiger partial charge in [-0.05, 0) is 0 Å². The van der Waals surface area contributed by atoms with Crippen molar-refractivity contribution in [3.05, 3.63) is 0 Å². The number of aliphatic hydroxyl groups is 1. The largest absolute Gasteiger partial charge is 0.469 e. The van der Waals surface area contributed by atoms with Crippen molar-refractivity contribution in [1.29, 1.82) is 0 Å². The molecule has 0 aliphatic carbocycles. The van der Waals surface area contributed by atoms with Crippen molar-refractivity contribution in [1.82, 2.24) is 0 Å². The lowest BCUT2D eigenvalue weighted by atomic mass is 10.2. The monoisotopic (exact) mass is 160 g/mol. The van der Waals surface area contributed by atoms with Gasteiger partial charge in [0.1, 0.15) is 5.78 Å². The van der Waals surface area contributed by atoms with Crippen molar-refractivity contribution in [2.24, 2.45) is 0 Å². The Kier molecular flexibility index (Phi) is 5.37. The molecular formula is C7H12O4. The number of ketones is 1. The summed E-state index contributed by atoms with van der Waals surface area (Å²) in [6.07, 6.45) is 0.388. The molecule has 0 amide bonds. The molecule has 0 aromatic heterocycles. The SMILES string of the molecule is COC(=O)CCC(=O)CCO. The molecule has 0 heterocycles. The molecule has 0 aliphatic rings. The van der Waals surface area contributed by atoms with E-state index in [2.05, 4.69) is 4.74 Å². The Morgan fingerprint density at radius 2 is 1.91 bits per heavy atom. The lowest BCUT2D eigenvalue weighted by molar-refractivity contribution is -0.142. The summed E-state index contributed by atoms with van der Waals surface area (Å²) in [7, 11) is 1.28. The van der Waals surface area contributed by atoms with E-state index in [0.29, 0.717) is 0 Å². The quantitative estimate of drug-likeness (QED) is 0.570. The van der Waals surface area contributed by atoms with Crippen LogP contribution in [0.1, 0.15) is 19.3 Å². The number of hydrogen-bond acceptors (Lipinski definition) is 4. The summed E-state index contributed by atoms with van der Waals surface area (Å²) < 4.78 is 4.33. The highest BCUT2D eigenvalue weighted by atomic mass is 16.5. The predicted octanol–water partition coefficient (Wildman–Crippen LogP) is -0.109. The lowest BCUT2D eigenvalue weighted by Crippen LogP contribution is -2.06. The van der Waals surface area contributed by atoms with Gasteiger partial charge in [0.2, 0.25) is 0 Å². The van der Waals surface area contributed by atoms with Crippen molar-refractivity contribution in [3.63, 3.8) is 0 Å². The van der Waals surface area contributed by atoms with E-state index in [4.69, 9.17) is 5.11 Å². The zero-order valence-corrected chi connectivity index (χ0v) is 6.50. The van der Waals surface area contributed by atoms with Gasteiger partial charge in [-0.15, -0.1) is 0 Å². The van der Waals surface area contributed by atoms with Gasteiger partial charge in [0.25, 0.3) is 0 Å². The van der Waals surface area contributed by atoms with E-state index >= 15 is 0 Å². The normalized spacial score (nSPS) is 9.27. The molecule has 1 N–H and O–H groups in total. The predicted molar refractivity (Wildman–Crippen MR) is 38.0 cm³/mol. The van der Waals surface area contributed by atoms with Gasteiger partial charge in [-0.25, -0.2) is 0 Å². The van der Waals surface area contributed by atoms with Gasteiger partial charge >= 0.3 is 5.97 Å². The van der Waals surface area contributed by atoms with Crippen molar-refractivity contribution in [2.45, 2.75) is 19.3 Å². The summed E-state index contributed by atoms with van der Waals surface area (Å²) in [6.45, 7) is -0.153. The Labute approximate surface area is 65.2 Å². The van der Waals surface area contributed by atoms with Crippen molar-refractivity contribution >= 4 is 11.8 Å². The molecule has 0 aliphatic heterocycles. The van der Waals surface area contributed by atoms with Crippen LogP contribution in [0.15, 0.2) is 0 Å². The highest BCUT2D eigenvalue weighted by Crippen LogP contribution is 1.95. The van der Waals surface area contributed by atoms with Crippen LogP contribution in [0, 0.1) is 0 Å². The second kappa shape index (κ2) is 5.85. The Bertz CT molecular complexity index is 141. The summed E-state index contributed by atoms with van der Waals surface area (Å²) in [5.41, 5.74) is 0. The molecular weight excluding hydrogens is 148 g/mol. The van der Waals surface area contributed by atoms with Gasteiger partial charge in [0.15, 0.2) is 0 Å². The standard InChI is InChI=1S/C7H12O4/c1-11-7(10)3-2-6(9)4-5-8/h8H,2-5H2,1H3. The third-order valence-corrected chi connectivity index (χ3v) is 1.23. The molecule has 0 spiro atoms. The molecule has 11 heavy (non-hydrogen) atoms. The molecule has 0 atom stereocenters. The van der Waals surface area contributed by atoms with Gasteiger partial charge in [0.05, 0.1) is 13.5 Å². The lowest BCUT2D eigenvalue weighted by Gasteiger charge is -1.96. The summed E-state index contributed by atoms with van der Waals surface area (Å²) in [4.78, 5) is 21.2. The number of carbonyl (C=O) groups is 2. The van der Waals surface area contributed by atoms with Crippen LogP contribution in [0.25, 0.3) is 0 Å². The average molecular weight is 160 g/mol. The van der Waals surface area contributed by atoms with Gasteiger partial charge in [-0.2, -0.15) is 0 Å². The zero-order valence-electron chi connectivity index (χ0n) is 6.50. The molecule has 64 valence electrons. The number of aliphatic hydroxyl groups excluding tert-OH is 1. The molecule has 0 radical (unpaired) electrons. The minimum absolute atomic E-state index is 0.106. The molecule has 0 rings (SSSR count). The molecule has 4 heteroatoms. The van der Waals surface area contributed by atoms with Gasteiger partial charge in [-0.1, -0.05) is 0 Å². The molecule has 0 bridgehead atoms. The first kappa shape index (κ1) is 10.1. The molecule has 4 nitrogen and oxygen atoms in total. The number of hydrogen-bond donors (Lipinski definition) is 1. The topological polar surface area (TPSA) is 63.6 Å². The fraction of sp³-hybridized carbons (Fsp3) is 0.714. The van der Waals surface area contributed by atoms with Crippen LogP contribution in [-0.4, -0.2) is 30.6 Å². The number of esters is 1. The molecule has 0 fully saturated rings. The van der Waals surface area contributed by atoms with E-state index < -0.39 is 5.97 Å². The molecule has 0 aromatic rings. The second-order valence-corrected chi connectivity index (χ2v) is 2.09. The minimum atomic E-state index is -0.392. The van der Waals surface area contributed by atoms with Crippen LogP contribution in [-0.2, 0) is 14.3 Å². The number of methoxy groups -OCH3 is 1. The van der Waals surface area contributed by atoms with E-state index in [1.807, 2.05) is 0 Å². The van der Waals surface area contributed by atoms with E-state index in [1.54, 1.807) is 0 Å². The third-order valence-electron chi connectivity index (χ3n) is 1.23. The summed E-state index contributed by atoms with van der Waals surface area (Å²) in [5.74, 6) is -0.505. The third kappa shape index (κ3) is 5.54. The zero-order chi connectivity index (χ0) is 8.69. The summed E-state index contributed by atoms with van der Waals surface area (Å²) in [5, 5.41) is 8.32. The summed E-state index contributed by atoms with van der Waals surface area (Å²) >= 11 is 0. The average Bonchev–Trinajstić information content (AvgIpc) is 2.01. The van der Waals surface area contributed by atoms with E-state index in [-0.39, 0.29) is 31.7 Å². The Morgan fingerprint density at radius 1 is 1.27 bits per heavy atom. The maximum Gasteiger partial charge on any atom is 0.305 e. The first-order valence-corrected chi connectivity index (χ1v) is 3.40. The maximum absolute atomic E-state index is 10.7. The van der Waals surface area contributed by atoms with E-state index in [1.165, 1.54) is 7.11 Å². The molecule has 0 saturated heterocycles. The highest BCUT2D eigenvalue weighted by molar-refractivity contribution is 5.82. The molecule has 0 saturated carbocycles. The number of carbonyl (C=O) groups excluding carboxylic acids is 2. The fourth-order valence-corrected chi connectivity index (χ4v) is 0.593. The molecule has 0 aromatic carbocycles. The first-order valence-electron chi connectivity index (χ1n) is 3.40. The van der Waals surface area contributed by atoms with Crippen LogP contribution in [0.2, 0.25) is 0 Å². The van der Waals surface area contributed by atoms with Crippen LogP contribution in [0.4, 0.5) is 0 Å². The Hall–Kier alpha value is -0.900. The Balaban J connectivity index is 3.38. The number of ether oxygens (including phenoxy) is 1. The molecule has 0 unspecified atom stereocenters. The fourth-order valence-electron chi connectivity index (χ4n) is 0.593. The maximum atomic E-state index is 10.7. The minimum Gasteiger partial charge on any atom is -0.469 e. The number of Topliss-reactive ketones (excluding diaryl/α,β-unsaturated/α-hetero) is 1. The van der Waals surface area contributed by atoms with Gasteiger partial charge in [-0.3, -0.25) is 9.59 Å². The van der Waals surface area contributed by atoms with Gasteiger partial charge in [0, 0.05) is 19.4 Å². The van der Waals surface area contributed by atoms with Crippen LogP contribution in [0.5, 0.6) is 0 Å². The van der Waals surface area contributed by atoms with Crippen LogP contribution >= 0.6 is 0 Å². The Morgan fingerprint density at radius 3 is 2.36 bits per heavy atom. The van der Waals surface area contributed by atoms with E-state index in [9.17, 15) is 9.59 Å². The van der Waals surface area contributed by atoms with Crippen LogP contribution < -0.4 is 0 Å². The van der Waals surface area contributed by atoms with E-state index in [0.717, 1.165) is 0 Å². The van der Waals surface area contributed by atoms with Crippen molar-refractivity contribution in [3.8, 4) is 0 Å². The number of rotatable bonds is 5. The van der Waals surface area contributed by atoms with Crippen molar-refractivity contribution < 1.29 is 19.4 Å². The first-order chi connectivity index (χ1) is 5.20. The summed E-state index contributed by atoms with van der Waals surface area (Å²) in [6, 6.07) is 0. The van der Waals surface area contributed by atoms with Gasteiger partial charge < -0.3 is 9.84 Å².